The van der Waals surface area contributed by atoms with Crippen LogP contribution in [0.4, 0.5) is 14.5 Å². The Hall–Kier alpha value is -2.42. The number of sulfonamides is 2. The van der Waals surface area contributed by atoms with Crippen molar-refractivity contribution in [3.8, 4) is 0 Å². The molecule has 1 aliphatic rings. The SMILES string of the molecule is N#[N+]c1c(F)cccc1F.O=S1(=O)[N-]S(=O)(=O)c2ccccc21. The molecular weight excluding hydrogens is 352 g/mol. The number of halogens is 2. The highest BCUT2D eigenvalue weighted by Crippen LogP contribution is 2.37. The van der Waals surface area contributed by atoms with Gasteiger partial charge in [0.25, 0.3) is 0 Å². The number of hydrogen-bond donors (Lipinski definition) is 0. The quantitative estimate of drug-likeness (QED) is 0.672. The van der Waals surface area contributed by atoms with Gasteiger partial charge in [-0.25, -0.2) is 16.8 Å². The first-order valence-electron chi connectivity index (χ1n) is 5.81. The van der Waals surface area contributed by atoms with Crippen molar-refractivity contribution < 1.29 is 25.6 Å². The lowest BCUT2D eigenvalue weighted by molar-refractivity contribution is 0.593. The molecule has 0 aromatic heterocycles. The summed E-state index contributed by atoms with van der Waals surface area (Å²) in [6, 6.07) is 8.56. The molecule has 0 amide bonds. The lowest BCUT2D eigenvalue weighted by Gasteiger charge is -2.05. The Bertz CT molecular complexity index is 944. The maximum atomic E-state index is 12.4. The summed E-state index contributed by atoms with van der Waals surface area (Å²) < 4.78 is 72.0. The molecule has 0 saturated carbocycles. The zero-order chi connectivity index (χ0) is 17.3. The zero-order valence-corrected chi connectivity index (χ0v) is 12.7. The van der Waals surface area contributed by atoms with Gasteiger partial charge in [-0.15, -0.1) is 0 Å². The van der Waals surface area contributed by atoms with Crippen LogP contribution in [-0.2, 0) is 20.0 Å². The largest absolute Gasteiger partial charge is 0.455 e. The van der Waals surface area contributed by atoms with Crippen molar-refractivity contribution >= 4 is 25.7 Å². The minimum atomic E-state index is -3.98. The third-order valence-electron chi connectivity index (χ3n) is 2.64. The van der Waals surface area contributed by atoms with Gasteiger partial charge in [-0.05, 0) is 24.3 Å². The summed E-state index contributed by atoms with van der Waals surface area (Å²) in [5, 5.41) is 8.04. The molecule has 2 aromatic carbocycles. The van der Waals surface area contributed by atoms with Crippen LogP contribution in [-0.4, -0.2) is 16.8 Å². The smallest absolute Gasteiger partial charge is 0.428 e. The van der Waals surface area contributed by atoms with Crippen LogP contribution in [0.1, 0.15) is 0 Å². The van der Waals surface area contributed by atoms with E-state index in [4.69, 9.17) is 5.39 Å². The molecule has 0 radical (unpaired) electrons. The van der Waals surface area contributed by atoms with E-state index >= 15 is 0 Å². The molecule has 0 bridgehead atoms. The fraction of sp³-hybridized carbons (Fsp3) is 0. The standard InChI is InChI=1S/C6H3F2N2.C6H4NO4S2/c7-4-2-1-3-5(8)6(4)10-9;8-12(9)5-3-1-2-4-6(5)13(10,11)7-12/h1-3H;1-4H/q+1;-1. The molecule has 0 aliphatic carbocycles. The third-order valence-corrected chi connectivity index (χ3v) is 6.16. The molecule has 0 N–H and O–H groups in total. The fourth-order valence-electron chi connectivity index (χ4n) is 1.67. The van der Waals surface area contributed by atoms with Gasteiger partial charge >= 0.3 is 5.69 Å². The number of nitrogens with zero attached hydrogens (tertiary/aromatic N) is 3. The first-order valence-corrected chi connectivity index (χ1v) is 8.69. The first-order chi connectivity index (χ1) is 10.7. The normalized spacial score (nSPS) is 16.6. The van der Waals surface area contributed by atoms with E-state index in [0.717, 1.165) is 12.1 Å². The maximum absolute atomic E-state index is 12.4. The predicted molar refractivity (Wildman–Crippen MR) is 75.3 cm³/mol. The van der Waals surface area contributed by atoms with Crippen LogP contribution < -0.4 is 0 Å². The molecule has 3 rings (SSSR count). The van der Waals surface area contributed by atoms with Crippen molar-refractivity contribution in [2.75, 3.05) is 0 Å². The highest BCUT2D eigenvalue weighted by Gasteiger charge is 2.26. The molecule has 23 heavy (non-hydrogen) atoms. The molecule has 1 aliphatic heterocycles. The van der Waals surface area contributed by atoms with E-state index in [0.29, 0.717) is 0 Å². The van der Waals surface area contributed by atoms with E-state index < -0.39 is 37.4 Å². The molecule has 0 spiro atoms. The van der Waals surface area contributed by atoms with Gasteiger partial charge in [0.2, 0.25) is 17.0 Å². The van der Waals surface area contributed by atoms with Gasteiger partial charge in [0, 0.05) is 0 Å². The van der Waals surface area contributed by atoms with Crippen LogP contribution in [0, 0.1) is 17.0 Å². The Morgan fingerprint density at radius 2 is 1.26 bits per heavy atom. The van der Waals surface area contributed by atoms with Crippen molar-refractivity contribution in [1.29, 1.82) is 5.39 Å². The average molecular weight is 359 g/mol. The lowest BCUT2D eigenvalue weighted by atomic mass is 10.3. The predicted octanol–water partition coefficient (Wildman–Crippen LogP) is 2.90. The lowest BCUT2D eigenvalue weighted by Crippen LogP contribution is -1.92. The van der Waals surface area contributed by atoms with Crippen molar-refractivity contribution in [2.24, 2.45) is 0 Å². The van der Waals surface area contributed by atoms with Crippen LogP contribution in [0.5, 0.6) is 0 Å². The Kier molecular flexibility index (Phi) is 4.42. The monoisotopic (exact) mass is 359 g/mol. The van der Waals surface area contributed by atoms with E-state index in [2.05, 4.69) is 9.10 Å². The highest BCUT2D eigenvalue weighted by molar-refractivity contribution is 8.14. The molecule has 0 unspecified atom stereocenters. The van der Waals surface area contributed by atoms with Crippen molar-refractivity contribution in [3.05, 3.63) is 63.2 Å². The Morgan fingerprint density at radius 3 is 1.61 bits per heavy atom. The van der Waals surface area contributed by atoms with E-state index in [1.165, 1.54) is 30.3 Å². The summed E-state index contributed by atoms with van der Waals surface area (Å²) in [6.07, 6.45) is 0. The van der Waals surface area contributed by atoms with Crippen LogP contribution in [0.2, 0.25) is 0 Å². The molecule has 2 aromatic rings. The second-order valence-corrected chi connectivity index (χ2v) is 7.52. The van der Waals surface area contributed by atoms with Gasteiger partial charge in [-0.1, -0.05) is 18.2 Å². The van der Waals surface area contributed by atoms with Crippen molar-refractivity contribution in [2.45, 2.75) is 9.79 Å². The second kappa shape index (κ2) is 5.99. The van der Waals surface area contributed by atoms with Gasteiger partial charge < -0.3 is 4.13 Å². The Labute approximate surface area is 130 Å². The number of fused-ring (bicyclic) bond motifs is 1. The summed E-state index contributed by atoms with van der Waals surface area (Å²) in [6.45, 7) is 0. The van der Waals surface area contributed by atoms with Crippen LogP contribution in [0.25, 0.3) is 9.10 Å². The van der Waals surface area contributed by atoms with Crippen molar-refractivity contribution in [1.82, 2.24) is 0 Å². The average Bonchev–Trinajstić information content (AvgIpc) is 2.66. The van der Waals surface area contributed by atoms with Gasteiger partial charge in [-0.2, -0.15) is 8.78 Å². The van der Waals surface area contributed by atoms with E-state index in [-0.39, 0.29) is 9.79 Å². The summed E-state index contributed by atoms with van der Waals surface area (Å²) >= 11 is 0. The molecule has 1 heterocycles. The summed E-state index contributed by atoms with van der Waals surface area (Å²) in [7, 11) is -7.95. The Balaban J connectivity index is 0.000000174. The summed E-state index contributed by atoms with van der Waals surface area (Å²) in [4.78, 5) is 1.94. The highest BCUT2D eigenvalue weighted by atomic mass is 32.3. The maximum Gasteiger partial charge on any atom is 0.455 e. The molecule has 0 fully saturated rings. The number of benzene rings is 2. The van der Waals surface area contributed by atoms with Crippen LogP contribution in [0.3, 0.4) is 0 Å². The van der Waals surface area contributed by atoms with Crippen LogP contribution in [0.15, 0.2) is 52.3 Å². The minimum absolute atomic E-state index is 0.241. The van der Waals surface area contributed by atoms with Gasteiger partial charge in [0.05, 0.1) is 9.79 Å². The topological polar surface area (TPSA) is 111 Å². The molecule has 0 saturated heterocycles. The molecule has 11 heteroatoms. The van der Waals surface area contributed by atoms with Gasteiger partial charge in [-0.3, -0.25) is 0 Å². The summed E-state index contributed by atoms with van der Waals surface area (Å²) in [5.74, 6) is -1.75. The zero-order valence-electron chi connectivity index (χ0n) is 11.1. The van der Waals surface area contributed by atoms with Gasteiger partial charge in [0.1, 0.15) is 20.0 Å². The van der Waals surface area contributed by atoms with Gasteiger partial charge in [0.15, 0.2) is 4.98 Å². The van der Waals surface area contributed by atoms with E-state index in [9.17, 15) is 25.6 Å². The fourth-order valence-corrected chi connectivity index (χ4v) is 5.12. The number of rotatable bonds is 0. The van der Waals surface area contributed by atoms with E-state index in [1.807, 2.05) is 0 Å². The molecule has 7 nitrogen and oxygen atoms in total. The van der Waals surface area contributed by atoms with E-state index in [1.54, 1.807) is 0 Å². The number of hydrogen-bond acceptors (Lipinski definition) is 5. The Morgan fingerprint density at radius 1 is 0.826 bits per heavy atom. The molecule has 120 valence electrons. The number of diazo groups is 1. The first kappa shape index (κ1) is 16.9. The summed E-state index contributed by atoms with van der Waals surface area (Å²) in [5.41, 5.74) is -0.650. The third kappa shape index (κ3) is 3.34. The minimum Gasteiger partial charge on any atom is -0.428 e. The van der Waals surface area contributed by atoms with Crippen LogP contribution >= 0.6 is 0 Å². The van der Waals surface area contributed by atoms with Crippen molar-refractivity contribution in [3.63, 3.8) is 0 Å². The molecule has 0 atom stereocenters. The molecular formula is C12H7F2N3O4S2. The second-order valence-electron chi connectivity index (χ2n) is 4.14.